The van der Waals surface area contributed by atoms with Gasteiger partial charge >= 0.3 is 6.18 Å². The van der Waals surface area contributed by atoms with Crippen LogP contribution < -0.4 is 9.47 Å². The molecule has 4 nitrogen and oxygen atoms in total. The van der Waals surface area contributed by atoms with Crippen LogP contribution in [0.4, 0.5) is 13.2 Å². The highest BCUT2D eigenvalue weighted by Crippen LogP contribution is 2.39. The normalized spacial score (nSPS) is 14.8. The van der Waals surface area contributed by atoms with Crippen molar-refractivity contribution in [2.45, 2.75) is 12.7 Å². The number of nitriles is 1. The van der Waals surface area contributed by atoms with Crippen LogP contribution in [0.5, 0.6) is 17.2 Å². The minimum atomic E-state index is -4.39. The first kappa shape index (κ1) is 17.1. The third kappa shape index (κ3) is 3.69. The minimum absolute atomic E-state index is 0.265. The Hall–Kier alpha value is -2.72. The summed E-state index contributed by atoms with van der Waals surface area (Å²) in [6.45, 7) is 1.66. The fraction of sp³-hybridized carbons (Fsp3) is 0.278. The van der Waals surface area contributed by atoms with E-state index in [-0.39, 0.29) is 5.75 Å². The van der Waals surface area contributed by atoms with Crippen LogP contribution in [0.3, 0.4) is 0 Å². The van der Waals surface area contributed by atoms with Crippen LogP contribution in [0.1, 0.15) is 16.7 Å². The maximum Gasteiger partial charge on any atom is 0.416 e. The number of likely N-dealkylation sites (N-methyl/N-ethyl adjacent to an activating group) is 1. The highest BCUT2D eigenvalue weighted by atomic mass is 19.4. The second-order valence-electron chi connectivity index (χ2n) is 5.74. The van der Waals surface area contributed by atoms with Crippen molar-refractivity contribution in [3.05, 3.63) is 53.1 Å². The Morgan fingerprint density at radius 3 is 2.52 bits per heavy atom. The fourth-order valence-corrected chi connectivity index (χ4v) is 2.60. The molecule has 0 aromatic heterocycles. The van der Waals surface area contributed by atoms with E-state index in [1.807, 2.05) is 11.9 Å². The Morgan fingerprint density at radius 1 is 1.16 bits per heavy atom. The molecule has 0 unspecified atom stereocenters. The standard InChI is InChI=1S/C18H15F3N2O2/c1-23-8-9-24-17-15(11-23)12(10-22)2-7-16(17)25-14-5-3-13(4-6-14)18(19,20)21/h2-7H,8-9,11H2,1H3. The lowest BCUT2D eigenvalue weighted by molar-refractivity contribution is -0.137. The topological polar surface area (TPSA) is 45.5 Å². The van der Waals surface area contributed by atoms with Crippen LogP contribution in [0.2, 0.25) is 0 Å². The molecule has 25 heavy (non-hydrogen) atoms. The Morgan fingerprint density at radius 2 is 1.88 bits per heavy atom. The fourth-order valence-electron chi connectivity index (χ4n) is 2.60. The molecule has 2 aromatic rings. The van der Waals surface area contributed by atoms with Crippen molar-refractivity contribution in [2.24, 2.45) is 0 Å². The average Bonchev–Trinajstić information content (AvgIpc) is 2.76. The van der Waals surface area contributed by atoms with E-state index in [9.17, 15) is 18.4 Å². The Labute approximate surface area is 143 Å². The minimum Gasteiger partial charge on any atom is -0.488 e. The molecule has 0 saturated heterocycles. The van der Waals surface area contributed by atoms with Crippen molar-refractivity contribution in [2.75, 3.05) is 20.2 Å². The van der Waals surface area contributed by atoms with Gasteiger partial charge in [-0.25, -0.2) is 0 Å². The molecule has 2 aromatic carbocycles. The highest BCUT2D eigenvalue weighted by Gasteiger charge is 2.30. The Kier molecular flexibility index (Phi) is 4.55. The van der Waals surface area contributed by atoms with Crippen molar-refractivity contribution >= 4 is 0 Å². The summed E-state index contributed by atoms with van der Waals surface area (Å²) in [5.74, 6) is 1.11. The van der Waals surface area contributed by atoms with Gasteiger partial charge in [-0.15, -0.1) is 0 Å². The number of hydrogen-bond acceptors (Lipinski definition) is 4. The summed E-state index contributed by atoms with van der Waals surface area (Å²) in [7, 11) is 1.92. The molecule has 0 atom stereocenters. The molecule has 0 bridgehead atoms. The number of fused-ring (bicyclic) bond motifs is 1. The third-order valence-corrected chi connectivity index (χ3v) is 3.90. The van der Waals surface area contributed by atoms with Crippen LogP contribution >= 0.6 is 0 Å². The van der Waals surface area contributed by atoms with Gasteiger partial charge in [0.15, 0.2) is 11.5 Å². The van der Waals surface area contributed by atoms with Crippen LogP contribution in [-0.2, 0) is 12.7 Å². The number of ether oxygens (including phenoxy) is 2. The number of halogens is 3. The van der Waals surface area contributed by atoms with Gasteiger partial charge in [0.1, 0.15) is 12.4 Å². The van der Waals surface area contributed by atoms with E-state index in [0.717, 1.165) is 12.1 Å². The second-order valence-corrected chi connectivity index (χ2v) is 5.74. The molecule has 0 fully saturated rings. The van der Waals surface area contributed by atoms with Crippen molar-refractivity contribution in [1.82, 2.24) is 4.90 Å². The van der Waals surface area contributed by atoms with Gasteiger partial charge in [-0.2, -0.15) is 18.4 Å². The molecule has 0 N–H and O–H groups in total. The van der Waals surface area contributed by atoms with E-state index in [1.165, 1.54) is 12.1 Å². The average molecular weight is 348 g/mol. The maximum absolute atomic E-state index is 12.6. The lowest BCUT2D eigenvalue weighted by atomic mass is 10.1. The van der Waals surface area contributed by atoms with Crippen LogP contribution in [0.15, 0.2) is 36.4 Å². The van der Waals surface area contributed by atoms with Crippen molar-refractivity contribution in [3.63, 3.8) is 0 Å². The van der Waals surface area contributed by atoms with Crippen LogP contribution in [0.25, 0.3) is 0 Å². The second kappa shape index (κ2) is 6.65. The lowest BCUT2D eigenvalue weighted by Gasteiger charge is -2.16. The van der Waals surface area contributed by atoms with Gasteiger partial charge in [0, 0.05) is 18.7 Å². The Balaban J connectivity index is 1.93. The number of rotatable bonds is 2. The summed E-state index contributed by atoms with van der Waals surface area (Å²) in [4.78, 5) is 2.02. The molecular formula is C18H15F3N2O2. The van der Waals surface area contributed by atoms with Crippen molar-refractivity contribution in [3.8, 4) is 23.3 Å². The third-order valence-electron chi connectivity index (χ3n) is 3.90. The summed E-state index contributed by atoms with van der Waals surface area (Å²) in [6, 6.07) is 9.80. The van der Waals surface area contributed by atoms with Gasteiger partial charge in [-0.1, -0.05) is 0 Å². The van der Waals surface area contributed by atoms with E-state index in [0.29, 0.717) is 42.3 Å². The zero-order chi connectivity index (χ0) is 18.0. The first-order valence-electron chi connectivity index (χ1n) is 7.61. The van der Waals surface area contributed by atoms with E-state index in [1.54, 1.807) is 12.1 Å². The molecule has 0 aliphatic carbocycles. The molecule has 0 spiro atoms. The molecule has 130 valence electrons. The first-order chi connectivity index (χ1) is 11.9. The first-order valence-corrected chi connectivity index (χ1v) is 7.61. The smallest absolute Gasteiger partial charge is 0.416 e. The van der Waals surface area contributed by atoms with Gasteiger partial charge in [-0.05, 0) is 43.4 Å². The predicted molar refractivity (Wildman–Crippen MR) is 84.5 cm³/mol. The lowest BCUT2D eigenvalue weighted by Crippen LogP contribution is -2.20. The molecular weight excluding hydrogens is 333 g/mol. The maximum atomic E-state index is 12.6. The summed E-state index contributed by atoms with van der Waals surface area (Å²) in [6.07, 6.45) is -4.39. The van der Waals surface area contributed by atoms with E-state index < -0.39 is 11.7 Å². The Bertz CT molecular complexity index is 811. The van der Waals surface area contributed by atoms with Gasteiger partial charge in [0.25, 0.3) is 0 Å². The van der Waals surface area contributed by atoms with Crippen molar-refractivity contribution < 1.29 is 22.6 Å². The predicted octanol–water partition coefficient (Wildman–Crippen LogP) is 4.19. The molecule has 0 amide bonds. The van der Waals surface area contributed by atoms with Crippen LogP contribution in [0, 0.1) is 11.3 Å². The monoisotopic (exact) mass is 348 g/mol. The zero-order valence-corrected chi connectivity index (χ0v) is 13.4. The largest absolute Gasteiger partial charge is 0.488 e. The molecule has 1 aliphatic rings. The quantitative estimate of drug-likeness (QED) is 0.816. The van der Waals surface area contributed by atoms with Crippen molar-refractivity contribution in [1.29, 1.82) is 5.26 Å². The summed E-state index contributed by atoms with van der Waals surface area (Å²) < 4.78 is 49.4. The van der Waals surface area contributed by atoms with Gasteiger partial charge in [0.05, 0.1) is 17.2 Å². The SMILES string of the molecule is CN1CCOc2c(Oc3ccc(C(F)(F)F)cc3)ccc(C#N)c2C1. The molecule has 0 saturated carbocycles. The van der Waals surface area contributed by atoms with Gasteiger partial charge < -0.3 is 9.47 Å². The van der Waals surface area contributed by atoms with E-state index in [2.05, 4.69) is 6.07 Å². The van der Waals surface area contributed by atoms with Gasteiger partial charge in [0.2, 0.25) is 0 Å². The molecule has 7 heteroatoms. The molecule has 3 rings (SSSR count). The number of benzene rings is 2. The molecule has 0 radical (unpaired) electrons. The van der Waals surface area contributed by atoms with Gasteiger partial charge in [-0.3, -0.25) is 4.90 Å². The highest BCUT2D eigenvalue weighted by molar-refractivity contribution is 5.56. The summed E-state index contributed by atoms with van der Waals surface area (Å²) in [5.41, 5.74) is 0.465. The van der Waals surface area contributed by atoms with Crippen LogP contribution in [-0.4, -0.2) is 25.1 Å². The number of alkyl halides is 3. The number of hydrogen-bond donors (Lipinski definition) is 0. The molecule has 1 heterocycles. The summed E-state index contributed by atoms with van der Waals surface area (Å²) >= 11 is 0. The molecule has 1 aliphatic heterocycles. The zero-order valence-electron chi connectivity index (χ0n) is 13.4. The summed E-state index contributed by atoms with van der Waals surface area (Å²) in [5, 5.41) is 9.29. The number of nitrogens with zero attached hydrogens (tertiary/aromatic N) is 2. The van der Waals surface area contributed by atoms with E-state index in [4.69, 9.17) is 9.47 Å². The van der Waals surface area contributed by atoms with E-state index >= 15 is 0 Å².